The largest absolute Gasteiger partial charge is 0.478 e. The zero-order valence-electron chi connectivity index (χ0n) is 23.9. The molecule has 2 aliphatic rings. The van der Waals surface area contributed by atoms with Gasteiger partial charge in [0.15, 0.2) is 0 Å². The van der Waals surface area contributed by atoms with Gasteiger partial charge in [-0.1, -0.05) is 65.7 Å². The molecule has 0 amide bonds. The monoisotopic (exact) mass is 608 g/mol. The number of benzene rings is 4. The van der Waals surface area contributed by atoms with E-state index in [-0.39, 0.29) is 5.92 Å². The van der Waals surface area contributed by atoms with Crippen LogP contribution in [-0.2, 0) is 6.42 Å². The van der Waals surface area contributed by atoms with Gasteiger partial charge in [-0.15, -0.1) is 0 Å². The molecule has 0 unspecified atom stereocenters. The molecule has 5 aromatic rings. The van der Waals surface area contributed by atoms with Crippen LogP contribution in [0.25, 0.3) is 11.0 Å². The number of imidazole rings is 1. The SMILES string of the molecule is O=C(O)c1ccc(CC2CCC(n3c(C4CC4)nc4ccc(C(c5ccc(Cl)cc5)c5ccc(Cl)cc5)cc43)CC2)cc1. The van der Waals surface area contributed by atoms with Gasteiger partial charge in [0.05, 0.1) is 16.6 Å². The highest BCUT2D eigenvalue weighted by Gasteiger charge is 2.34. The predicted molar refractivity (Wildman–Crippen MR) is 174 cm³/mol. The molecule has 218 valence electrons. The molecule has 6 heteroatoms. The average molecular weight is 610 g/mol. The smallest absolute Gasteiger partial charge is 0.335 e. The summed E-state index contributed by atoms with van der Waals surface area (Å²) in [4.78, 5) is 16.4. The van der Waals surface area contributed by atoms with E-state index in [1.54, 1.807) is 12.1 Å². The molecule has 1 aromatic heterocycles. The molecule has 1 N–H and O–H groups in total. The Balaban J connectivity index is 1.20. The lowest BCUT2D eigenvalue weighted by Gasteiger charge is -2.31. The van der Waals surface area contributed by atoms with E-state index in [4.69, 9.17) is 28.2 Å². The summed E-state index contributed by atoms with van der Waals surface area (Å²) in [6, 6.07) is 31.0. The minimum absolute atomic E-state index is 0.0508. The van der Waals surface area contributed by atoms with Crippen molar-refractivity contribution in [2.75, 3.05) is 0 Å². The third-order valence-corrected chi connectivity index (χ3v) is 9.83. The number of hydrogen-bond acceptors (Lipinski definition) is 2. The van der Waals surface area contributed by atoms with E-state index in [1.165, 1.54) is 46.4 Å². The third-order valence-electron chi connectivity index (χ3n) is 9.33. The van der Waals surface area contributed by atoms with Crippen LogP contribution in [0.2, 0.25) is 10.0 Å². The number of carboxylic acid groups (broad SMARTS) is 1. The summed E-state index contributed by atoms with van der Waals surface area (Å²) in [5, 5.41) is 10.7. The molecular weight excluding hydrogens is 575 g/mol. The quantitative estimate of drug-likeness (QED) is 0.178. The fraction of sp³-hybridized carbons (Fsp3) is 0.297. The molecule has 43 heavy (non-hydrogen) atoms. The zero-order chi connectivity index (χ0) is 29.5. The van der Waals surface area contributed by atoms with Crippen molar-refractivity contribution >= 4 is 40.2 Å². The Kier molecular flexibility index (Phi) is 7.75. The number of rotatable bonds is 8. The van der Waals surface area contributed by atoms with Gasteiger partial charge in [0, 0.05) is 27.9 Å². The molecule has 0 bridgehead atoms. The minimum Gasteiger partial charge on any atom is -0.478 e. The standard InChI is InChI=1S/C37H34Cl2N2O2/c38-30-14-9-25(10-15-30)35(26-11-16-31(39)17-12-26)29-13-20-33-34(22-29)41(36(40-33)27-7-8-27)32-18-3-24(4-19-32)21-23-1-5-28(6-2-23)37(42)43/h1-2,5-6,9-17,20,22,24,27,32,35H,3-4,7-8,18-19,21H2,(H,42,43). The Morgan fingerprint density at radius 1 is 0.767 bits per heavy atom. The van der Waals surface area contributed by atoms with Gasteiger partial charge in [0.25, 0.3) is 0 Å². The minimum atomic E-state index is -0.873. The van der Waals surface area contributed by atoms with Gasteiger partial charge in [-0.3, -0.25) is 0 Å². The molecular formula is C37H34Cl2N2O2. The maximum Gasteiger partial charge on any atom is 0.335 e. The third kappa shape index (κ3) is 5.96. The number of aromatic nitrogens is 2. The number of halogens is 2. The van der Waals surface area contributed by atoms with Crippen LogP contribution in [0.3, 0.4) is 0 Å². The second kappa shape index (κ2) is 11.8. The molecule has 0 saturated heterocycles. The van der Waals surface area contributed by atoms with Gasteiger partial charge in [-0.2, -0.15) is 0 Å². The van der Waals surface area contributed by atoms with Crippen molar-refractivity contribution in [3.05, 3.63) is 135 Å². The van der Waals surface area contributed by atoms with Crippen molar-refractivity contribution < 1.29 is 9.90 Å². The topological polar surface area (TPSA) is 55.1 Å². The van der Waals surface area contributed by atoms with E-state index in [1.807, 2.05) is 36.4 Å². The number of aromatic carboxylic acids is 1. The lowest BCUT2D eigenvalue weighted by atomic mass is 9.82. The van der Waals surface area contributed by atoms with Crippen LogP contribution in [-0.4, -0.2) is 20.6 Å². The van der Waals surface area contributed by atoms with E-state index in [2.05, 4.69) is 47.0 Å². The fourth-order valence-electron chi connectivity index (χ4n) is 6.93. The van der Waals surface area contributed by atoms with Gasteiger partial charge in [0.1, 0.15) is 5.82 Å². The number of carboxylic acids is 1. The molecule has 0 spiro atoms. The highest BCUT2D eigenvalue weighted by molar-refractivity contribution is 6.30. The van der Waals surface area contributed by atoms with Crippen molar-refractivity contribution in [1.82, 2.24) is 9.55 Å². The van der Waals surface area contributed by atoms with Crippen LogP contribution >= 0.6 is 23.2 Å². The highest BCUT2D eigenvalue weighted by atomic mass is 35.5. The number of fused-ring (bicyclic) bond motifs is 1. The zero-order valence-corrected chi connectivity index (χ0v) is 25.4. The lowest BCUT2D eigenvalue weighted by molar-refractivity contribution is 0.0697. The molecule has 2 fully saturated rings. The Morgan fingerprint density at radius 3 is 1.91 bits per heavy atom. The first-order chi connectivity index (χ1) is 20.9. The van der Waals surface area contributed by atoms with Crippen LogP contribution < -0.4 is 0 Å². The lowest BCUT2D eigenvalue weighted by Crippen LogP contribution is -2.21. The van der Waals surface area contributed by atoms with Crippen LogP contribution in [0.15, 0.2) is 91.0 Å². The van der Waals surface area contributed by atoms with Gasteiger partial charge < -0.3 is 9.67 Å². The number of carbonyl (C=O) groups is 1. The van der Waals surface area contributed by atoms with E-state index in [0.29, 0.717) is 23.4 Å². The first-order valence-corrected chi connectivity index (χ1v) is 16.0. The predicted octanol–water partition coefficient (Wildman–Crippen LogP) is 10.1. The Morgan fingerprint density at radius 2 is 1.35 bits per heavy atom. The van der Waals surface area contributed by atoms with Gasteiger partial charge in [-0.05, 0) is 122 Å². The number of hydrogen-bond donors (Lipinski definition) is 1. The summed E-state index contributed by atoms with van der Waals surface area (Å²) >= 11 is 12.5. The van der Waals surface area contributed by atoms with Crippen molar-refractivity contribution in [2.45, 2.75) is 62.8 Å². The average Bonchev–Trinajstić information content (AvgIpc) is 3.80. The summed E-state index contributed by atoms with van der Waals surface area (Å²) < 4.78 is 2.59. The normalized spacial score (nSPS) is 18.8. The molecule has 0 radical (unpaired) electrons. The summed E-state index contributed by atoms with van der Waals surface area (Å²) in [6.07, 6.45) is 8.02. The van der Waals surface area contributed by atoms with Crippen LogP contribution in [0.1, 0.15) is 94.8 Å². The van der Waals surface area contributed by atoms with Crippen LogP contribution in [0, 0.1) is 5.92 Å². The molecule has 0 atom stereocenters. The number of nitrogens with zero attached hydrogens (tertiary/aromatic N) is 2. The molecule has 1 heterocycles. The van der Waals surface area contributed by atoms with Crippen molar-refractivity contribution in [3.8, 4) is 0 Å². The van der Waals surface area contributed by atoms with Gasteiger partial charge >= 0.3 is 5.97 Å². The van der Waals surface area contributed by atoms with Crippen molar-refractivity contribution in [1.29, 1.82) is 0 Å². The second-order valence-electron chi connectivity index (χ2n) is 12.3. The first-order valence-electron chi connectivity index (χ1n) is 15.3. The summed E-state index contributed by atoms with van der Waals surface area (Å²) in [6.45, 7) is 0. The van der Waals surface area contributed by atoms with Crippen molar-refractivity contribution in [3.63, 3.8) is 0 Å². The maximum atomic E-state index is 11.2. The van der Waals surface area contributed by atoms with Crippen LogP contribution in [0.5, 0.6) is 0 Å². The van der Waals surface area contributed by atoms with Gasteiger partial charge in [-0.25, -0.2) is 9.78 Å². The van der Waals surface area contributed by atoms with Crippen molar-refractivity contribution in [2.24, 2.45) is 5.92 Å². The Hall–Kier alpha value is -3.60. The molecule has 0 aliphatic heterocycles. The Labute approximate surface area is 262 Å². The molecule has 7 rings (SSSR count). The fourth-order valence-corrected chi connectivity index (χ4v) is 7.19. The molecule has 2 saturated carbocycles. The molecule has 2 aliphatic carbocycles. The summed E-state index contributed by atoms with van der Waals surface area (Å²) in [7, 11) is 0. The summed E-state index contributed by atoms with van der Waals surface area (Å²) in [5.74, 6) is 1.61. The van der Waals surface area contributed by atoms with E-state index in [0.717, 1.165) is 47.7 Å². The second-order valence-corrected chi connectivity index (χ2v) is 13.2. The first kappa shape index (κ1) is 28.2. The maximum absolute atomic E-state index is 11.2. The van der Waals surface area contributed by atoms with E-state index in [9.17, 15) is 9.90 Å². The highest BCUT2D eigenvalue weighted by Crippen LogP contribution is 2.45. The summed E-state index contributed by atoms with van der Waals surface area (Å²) in [5.41, 5.74) is 7.50. The molecule has 4 nitrogen and oxygen atoms in total. The van der Waals surface area contributed by atoms with Crippen LogP contribution in [0.4, 0.5) is 0 Å². The van der Waals surface area contributed by atoms with E-state index < -0.39 is 5.97 Å². The van der Waals surface area contributed by atoms with E-state index >= 15 is 0 Å². The van der Waals surface area contributed by atoms with Gasteiger partial charge in [0.2, 0.25) is 0 Å². The Bertz CT molecular complexity index is 1700. The molecule has 4 aromatic carbocycles.